The number of amides is 1. The number of aliphatic hydroxyl groups excluding tert-OH is 4. The maximum absolute atomic E-state index is 10.7. The topological polar surface area (TPSA) is 133 Å². The van der Waals surface area contributed by atoms with Crippen LogP contribution in [0.2, 0.25) is 0 Å². The van der Waals surface area contributed by atoms with E-state index in [9.17, 15) is 20.1 Å². The van der Waals surface area contributed by atoms with Gasteiger partial charge in [0.15, 0.2) is 0 Å². The molecule has 0 saturated carbocycles. The number of allylic oxidation sites excluding steroid dienone is 2. The van der Waals surface area contributed by atoms with Gasteiger partial charge in [-0.15, -0.1) is 0 Å². The lowest BCUT2D eigenvalue weighted by Crippen LogP contribution is -2.58. The molecule has 7 nitrogen and oxygen atoms in total. The third kappa shape index (κ3) is 6.04. The normalized spacial score (nSPS) is 32.9. The van der Waals surface area contributed by atoms with Crippen LogP contribution in [-0.2, 0) is 9.53 Å². The zero-order valence-electron chi connectivity index (χ0n) is 13.6. The monoisotopic (exact) mass is 329 g/mol. The first kappa shape index (κ1) is 19.8. The lowest BCUT2D eigenvalue weighted by Gasteiger charge is -2.40. The van der Waals surface area contributed by atoms with Crippen molar-refractivity contribution in [3.8, 4) is 0 Å². The van der Waals surface area contributed by atoms with Gasteiger partial charge in [-0.1, -0.05) is 17.2 Å². The van der Waals surface area contributed by atoms with Gasteiger partial charge in [0.05, 0.1) is 12.7 Å². The molecule has 5 atom stereocenters. The van der Waals surface area contributed by atoms with E-state index in [1.54, 1.807) is 0 Å². The van der Waals surface area contributed by atoms with Gasteiger partial charge in [-0.25, -0.2) is 0 Å². The predicted octanol–water partition coefficient (Wildman–Crippen LogP) is -0.623. The number of carbonyl (C=O) groups excluding carboxylic acids is 1. The molecule has 1 heterocycles. The summed E-state index contributed by atoms with van der Waals surface area (Å²) in [5.41, 5.74) is 6.90. The Morgan fingerprint density at radius 1 is 1.09 bits per heavy atom. The van der Waals surface area contributed by atoms with Crippen molar-refractivity contribution in [2.45, 2.75) is 63.6 Å². The SMILES string of the molecule is CC(=CCC/C(C)=C/C(N)=O)CC1O[C@H](CO)[C@H](O)[C@H](O)[C@H]1O. The molecule has 0 radical (unpaired) electrons. The molecule has 1 saturated heterocycles. The molecule has 6 N–H and O–H groups in total. The average molecular weight is 329 g/mol. The van der Waals surface area contributed by atoms with Gasteiger partial charge >= 0.3 is 0 Å². The third-order valence-electron chi connectivity index (χ3n) is 3.93. The van der Waals surface area contributed by atoms with E-state index in [-0.39, 0.29) is 0 Å². The highest BCUT2D eigenvalue weighted by atomic mass is 16.5. The number of carbonyl (C=O) groups is 1. The van der Waals surface area contributed by atoms with E-state index < -0.39 is 43.0 Å². The molecule has 0 aromatic rings. The molecular formula is C16H27NO6. The summed E-state index contributed by atoms with van der Waals surface area (Å²) in [4.78, 5) is 10.7. The van der Waals surface area contributed by atoms with Crippen molar-refractivity contribution in [1.29, 1.82) is 0 Å². The molecule has 0 aromatic carbocycles. The van der Waals surface area contributed by atoms with E-state index in [4.69, 9.17) is 15.6 Å². The molecule has 1 aliphatic rings. The Hall–Kier alpha value is -1.25. The second kappa shape index (κ2) is 9.14. The Bertz CT molecular complexity index is 459. The van der Waals surface area contributed by atoms with Gasteiger partial charge in [-0.05, 0) is 33.1 Å². The molecule has 7 heteroatoms. The van der Waals surface area contributed by atoms with Crippen molar-refractivity contribution in [3.63, 3.8) is 0 Å². The summed E-state index contributed by atoms with van der Waals surface area (Å²) in [5, 5.41) is 38.6. The van der Waals surface area contributed by atoms with Crippen molar-refractivity contribution in [2.24, 2.45) is 5.73 Å². The van der Waals surface area contributed by atoms with Crippen LogP contribution in [0.5, 0.6) is 0 Å². The van der Waals surface area contributed by atoms with Crippen molar-refractivity contribution in [1.82, 2.24) is 0 Å². The lowest BCUT2D eigenvalue weighted by molar-refractivity contribution is -0.228. The van der Waals surface area contributed by atoms with Crippen LogP contribution in [0.3, 0.4) is 0 Å². The molecule has 0 aromatic heterocycles. The van der Waals surface area contributed by atoms with E-state index in [2.05, 4.69) is 0 Å². The summed E-state index contributed by atoms with van der Waals surface area (Å²) >= 11 is 0. The molecule has 1 unspecified atom stereocenters. The number of primary amides is 1. The third-order valence-corrected chi connectivity index (χ3v) is 3.93. The summed E-state index contributed by atoms with van der Waals surface area (Å²) in [6, 6.07) is 0. The first-order valence-corrected chi connectivity index (χ1v) is 7.69. The van der Waals surface area contributed by atoms with Crippen LogP contribution in [-0.4, -0.2) is 63.5 Å². The van der Waals surface area contributed by atoms with E-state index in [0.29, 0.717) is 19.3 Å². The standard InChI is InChI=1S/C16H27NO6/c1-9(4-3-5-10(2)7-13(17)19)6-11-14(20)16(22)15(21)12(8-18)23-11/h4,7,11-12,14-16,18,20-22H,3,5-6,8H2,1-2H3,(H2,17,19)/b9-4?,10-7+/t11?,12-,14+,15+,16-/m1/s1. The minimum absolute atomic E-state index is 0.375. The predicted molar refractivity (Wildman–Crippen MR) is 84.3 cm³/mol. The second-order valence-corrected chi connectivity index (χ2v) is 6.05. The lowest BCUT2D eigenvalue weighted by atomic mass is 9.91. The Balaban J connectivity index is 2.56. The van der Waals surface area contributed by atoms with Gasteiger partial charge in [0, 0.05) is 6.08 Å². The summed E-state index contributed by atoms with van der Waals surface area (Å²) in [6.45, 7) is 3.27. The molecule has 0 spiro atoms. The summed E-state index contributed by atoms with van der Waals surface area (Å²) in [6.07, 6.45) is -0.353. The number of rotatable bonds is 7. The molecular weight excluding hydrogens is 302 g/mol. The van der Waals surface area contributed by atoms with Crippen LogP contribution in [0.25, 0.3) is 0 Å². The van der Waals surface area contributed by atoms with Crippen LogP contribution in [0, 0.1) is 0 Å². The van der Waals surface area contributed by atoms with E-state index >= 15 is 0 Å². The molecule has 23 heavy (non-hydrogen) atoms. The minimum atomic E-state index is -1.35. The number of hydrogen-bond donors (Lipinski definition) is 5. The van der Waals surface area contributed by atoms with Crippen molar-refractivity contribution in [2.75, 3.05) is 6.61 Å². The fraction of sp³-hybridized carbons (Fsp3) is 0.688. The van der Waals surface area contributed by atoms with Gasteiger partial charge in [-0.3, -0.25) is 4.79 Å². The zero-order chi connectivity index (χ0) is 17.6. The average Bonchev–Trinajstić information content (AvgIpc) is 2.47. The highest BCUT2D eigenvalue weighted by molar-refractivity contribution is 5.86. The van der Waals surface area contributed by atoms with Crippen LogP contribution < -0.4 is 5.73 Å². The summed E-state index contributed by atoms with van der Waals surface area (Å²) in [7, 11) is 0. The summed E-state index contributed by atoms with van der Waals surface area (Å²) in [5.74, 6) is -0.468. The Morgan fingerprint density at radius 3 is 2.26 bits per heavy atom. The number of hydrogen-bond acceptors (Lipinski definition) is 6. The fourth-order valence-electron chi connectivity index (χ4n) is 2.61. The van der Waals surface area contributed by atoms with Crippen molar-refractivity contribution < 1.29 is 30.0 Å². The molecule has 1 fully saturated rings. The van der Waals surface area contributed by atoms with E-state index in [1.165, 1.54) is 6.08 Å². The van der Waals surface area contributed by atoms with Gasteiger partial charge in [0.25, 0.3) is 0 Å². The minimum Gasteiger partial charge on any atom is -0.394 e. The first-order chi connectivity index (χ1) is 10.8. The Labute approximate surface area is 136 Å². The van der Waals surface area contributed by atoms with Crippen molar-refractivity contribution >= 4 is 5.91 Å². The summed E-state index contributed by atoms with van der Waals surface area (Å²) < 4.78 is 5.46. The molecule has 0 aliphatic carbocycles. The number of nitrogens with two attached hydrogens (primary N) is 1. The van der Waals surface area contributed by atoms with Gasteiger partial charge in [-0.2, -0.15) is 0 Å². The van der Waals surface area contributed by atoms with Crippen LogP contribution >= 0.6 is 0 Å². The first-order valence-electron chi connectivity index (χ1n) is 7.69. The van der Waals surface area contributed by atoms with E-state index in [1.807, 2.05) is 19.9 Å². The molecule has 132 valence electrons. The van der Waals surface area contributed by atoms with E-state index in [0.717, 1.165) is 11.1 Å². The van der Waals surface area contributed by atoms with Crippen molar-refractivity contribution in [3.05, 3.63) is 23.3 Å². The fourth-order valence-corrected chi connectivity index (χ4v) is 2.61. The molecule has 1 aliphatic heterocycles. The van der Waals surface area contributed by atoms with Gasteiger partial charge in [0.2, 0.25) is 5.91 Å². The smallest absolute Gasteiger partial charge is 0.241 e. The zero-order valence-corrected chi connectivity index (χ0v) is 13.6. The number of ether oxygens (including phenoxy) is 1. The Morgan fingerprint density at radius 2 is 1.70 bits per heavy atom. The second-order valence-electron chi connectivity index (χ2n) is 6.05. The number of aliphatic hydroxyl groups is 4. The maximum atomic E-state index is 10.7. The molecule has 1 rings (SSSR count). The van der Waals surface area contributed by atoms with Gasteiger partial charge < -0.3 is 30.9 Å². The molecule has 0 bridgehead atoms. The highest BCUT2D eigenvalue weighted by Gasteiger charge is 2.43. The van der Waals surface area contributed by atoms with Crippen LogP contribution in [0.15, 0.2) is 23.3 Å². The largest absolute Gasteiger partial charge is 0.394 e. The maximum Gasteiger partial charge on any atom is 0.241 e. The molecule has 1 amide bonds. The highest BCUT2D eigenvalue weighted by Crippen LogP contribution is 2.25. The Kier molecular flexibility index (Phi) is 7.87. The van der Waals surface area contributed by atoms with Crippen LogP contribution in [0.4, 0.5) is 0 Å². The van der Waals surface area contributed by atoms with Crippen LogP contribution in [0.1, 0.15) is 33.1 Å². The quantitative estimate of drug-likeness (QED) is 0.312. The van der Waals surface area contributed by atoms with Gasteiger partial charge in [0.1, 0.15) is 24.4 Å².